The maximum atomic E-state index is 13.2. The van der Waals surface area contributed by atoms with Gasteiger partial charge in [0.25, 0.3) is 0 Å². The van der Waals surface area contributed by atoms with Crippen molar-refractivity contribution in [2.75, 3.05) is 6.61 Å². The first-order valence-corrected chi connectivity index (χ1v) is 13.6. The molecule has 4 aliphatic carbocycles. The molecule has 0 amide bonds. The molecule has 37 heavy (non-hydrogen) atoms. The first kappa shape index (κ1) is 27.8. The molecule has 0 radical (unpaired) electrons. The second-order valence-corrected chi connectivity index (χ2v) is 12.3. The van der Waals surface area contributed by atoms with Crippen LogP contribution in [-0.4, -0.2) is 51.8 Å². The predicted molar refractivity (Wildman–Crippen MR) is 138 cm³/mol. The Bertz CT molecular complexity index is 1100. The van der Waals surface area contributed by atoms with Crippen LogP contribution in [0.25, 0.3) is 0 Å². The number of carbonyl (C=O) groups excluding carboxylic acids is 3. The van der Waals surface area contributed by atoms with E-state index in [9.17, 15) is 24.6 Å². The lowest BCUT2D eigenvalue weighted by atomic mass is 9.59. The smallest absolute Gasteiger partial charge is 0.333 e. The van der Waals surface area contributed by atoms with Crippen molar-refractivity contribution in [3.63, 3.8) is 0 Å². The molecule has 0 aromatic heterocycles. The van der Waals surface area contributed by atoms with Crippen molar-refractivity contribution in [1.82, 2.24) is 0 Å². The Morgan fingerprint density at radius 3 is 2.46 bits per heavy atom. The number of esters is 2. The number of rotatable bonds is 6. The molecule has 0 spiro atoms. The molecule has 7 nitrogen and oxygen atoms in total. The van der Waals surface area contributed by atoms with Crippen molar-refractivity contribution in [1.29, 1.82) is 0 Å². The van der Waals surface area contributed by atoms with Gasteiger partial charge in [-0.25, -0.2) is 4.79 Å². The summed E-state index contributed by atoms with van der Waals surface area (Å²) in [4.78, 5) is 39.5. The standard InChI is InChI=1S/C30H42O7/c1-9-15(3)26(33)36-25-18(6)29(35)21-11-17(5)23(32)20(21)12-19(14-31)13-22(29)24-28(7,8)30(24,25)37-27(34)16(4)10-2/h9,11,13,16,18,20-22,24-25,31,35H,10,12,14H2,1-8H3/b15-9+/t16?,18-,20+,21+,22+,24-,25-,29+,30-/m1/s1. The summed E-state index contributed by atoms with van der Waals surface area (Å²) >= 11 is 0. The summed E-state index contributed by atoms with van der Waals surface area (Å²) in [7, 11) is 0. The summed E-state index contributed by atoms with van der Waals surface area (Å²) in [5.41, 5.74) is -1.51. The van der Waals surface area contributed by atoms with Crippen molar-refractivity contribution in [3.05, 3.63) is 34.9 Å². The van der Waals surface area contributed by atoms with Gasteiger partial charge in [-0.2, -0.15) is 0 Å². The quantitative estimate of drug-likeness (QED) is 0.314. The van der Waals surface area contributed by atoms with Crippen LogP contribution in [0.1, 0.15) is 68.2 Å². The molecule has 4 aliphatic rings. The SMILES string of the molecule is C/C=C(\C)C(=O)O[C@@H]1[C@@H](C)[C@]2(O)[C@H]3C=C(C)C(=O)[C@H]3CC(CO)=C[C@H]2[C@@H]2C(C)(C)[C@]12OC(=O)C(C)CC. The third kappa shape index (κ3) is 3.71. The maximum Gasteiger partial charge on any atom is 0.333 e. The Morgan fingerprint density at radius 1 is 1.24 bits per heavy atom. The molecule has 0 bridgehead atoms. The van der Waals surface area contributed by atoms with E-state index in [1.807, 2.05) is 46.8 Å². The van der Waals surface area contributed by atoms with E-state index in [4.69, 9.17) is 9.47 Å². The summed E-state index contributed by atoms with van der Waals surface area (Å²) in [5, 5.41) is 22.9. The summed E-state index contributed by atoms with van der Waals surface area (Å²) < 4.78 is 12.5. The largest absolute Gasteiger partial charge is 0.454 e. The van der Waals surface area contributed by atoms with Crippen LogP contribution in [0.5, 0.6) is 0 Å². The predicted octanol–water partition coefficient (Wildman–Crippen LogP) is 3.93. The zero-order chi connectivity index (χ0) is 27.7. The van der Waals surface area contributed by atoms with Crippen LogP contribution < -0.4 is 0 Å². The van der Waals surface area contributed by atoms with Gasteiger partial charge in [0, 0.05) is 40.6 Å². The topological polar surface area (TPSA) is 110 Å². The lowest BCUT2D eigenvalue weighted by Crippen LogP contribution is -2.63. The van der Waals surface area contributed by atoms with Gasteiger partial charge in [-0.05, 0) is 44.8 Å². The summed E-state index contributed by atoms with van der Waals surface area (Å²) in [6.07, 6.45) is 5.47. The van der Waals surface area contributed by atoms with Gasteiger partial charge in [0.1, 0.15) is 6.10 Å². The number of allylic oxidation sites excluding steroid dienone is 2. The van der Waals surface area contributed by atoms with E-state index in [1.54, 1.807) is 26.8 Å². The molecule has 0 heterocycles. The van der Waals surface area contributed by atoms with Gasteiger partial charge in [-0.3, -0.25) is 9.59 Å². The highest BCUT2D eigenvalue weighted by molar-refractivity contribution is 6.00. The van der Waals surface area contributed by atoms with E-state index in [0.717, 1.165) is 0 Å². The van der Waals surface area contributed by atoms with Crippen molar-refractivity contribution < 1.29 is 34.1 Å². The fourth-order valence-corrected chi connectivity index (χ4v) is 7.52. The Labute approximate surface area is 220 Å². The van der Waals surface area contributed by atoms with Gasteiger partial charge in [0.15, 0.2) is 11.4 Å². The number of fused-ring (bicyclic) bond motifs is 5. The first-order valence-electron chi connectivity index (χ1n) is 13.6. The minimum absolute atomic E-state index is 0.0287. The number of aliphatic hydroxyl groups is 2. The van der Waals surface area contributed by atoms with Crippen LogP contribution >= 0.6 is 0 Å². The Morgan fingerprint density at radius 2 is 1.89 bits per heavy atom. The summed E-state index contributed by atoms with van der Waals surface area (Å²) in [5.74, 6) is -3.79. The minimum atomic E-state index is -1.45. The van der Waals surface area contributed by atoms with Crippen molar-refractivity contribution >= 4 is 17.7 Å². The fourth-order valence-electron chi connectivity index (χ4n) is 7.52. The Hall–Kier alpha value is -2.25. The van der Waals surface area contributed by atoms with Crippen molar-refractivity contribution in [2.45, 2.75) is 85.5 Å². The number of hydrogen-bond donors (Lipinski definition) is 2. The normalized spacial score (nSPS) is 40.8. The molecule has 7 heteroatoms. The van der Waals surface area contributed by atoms with Crippen LogP contribution in [0.2, 0.25) is 0 Å². The average Bonchev–Trinajstić information content (AvgIpc) is 3.26. The summed E-state index contributed by atoms with van der Waals surface area (Å²) in [6, 6.07) is 0. The third-order valence-corrected chi connectivity index (χ3v) is 10.2. The minimum Gasteiger partial charge on any atom is -0.454 e. The molecule has 1 unspecified atom stereocenters. The maximum absolute atomic E-state index is 13.2. The number of aliphatic hydroxyl groups excluding tert-OH is 1. The molecule has 2 N–H and O–H groups in total. The molecule has 4 rings (SSSR count). The van der Waals surface area contributed by atoms with E-state index in [-0.39, 0.29) is 30.2 Å². The van der Waals surface area contributed by atoms with Crippen LogP contribution in [0.3, 0.4) is 0 Å². The molecule has 0 aliphatic heterocycles. The highest BCUT2D eigenvalue weighted by Crippen LogP contribution is 2.77. The third-order valence-electron chi connectivity index (χ3n) is 10.2. The lowest BCUT2D eigenvalue weighted by molar-refractivity contribution is -0.220. The first-order chi connectivity index (χ1) is 17.2. The second-order valence-electron chi connectivity index (χ2n) is 12.3. The Kier molecular flexibility index (Phi) is 6.90. The number of ketones is 1. The van der Waals surface area contributed by atoms with Gasteiger partial charge in [-0.15, -0.1) is 0 Å². The molecule has 204 valence electrons. The number of ether oxygens (including phenoxy) is 2. The van der Waals surface area contributed by atoms with Crippen LogP contribution in [0, 0.1) is 40.9 Å². The molecule has 0 aromatic rings. The number of hydrogen-bond acceptors (Lipinski definition) is 7. The van der Waals surface area contributed by atoms with E-state index in [1.165, 1.54) is 0 Å². The van der Waals surface area contributed by atoms with E-state index in [0.29, 0.717) is 29.6 Å². The average molecular weight is 515 g/mol. The van der Waals surface area contributed by atoms with E-state index in [2.05, 4.69) is 0 Å². The highest BCUT2D eigenvalue weighted by atomic mass is 16.6. The molecule has 2 saturated carbocycles. The molecule has 2 fully saturated rings. The van der Waals surface area contributed by atoms with Gasteiger partial charge < -0.3 is 19.7 Å². The second kappa shape index (κ2) is 9.19. The van der Waals surface area contributed by atoms with Gasteiger partial charge in [-0.1, -0.05) is 52.8 Å². The van der Waals surface area contributed by atoms with Gasteiger partial charge in [0.2, 0.25) is 0 Å². The monoisotopic (exact) mass is 514 g/mol. The number of Topliss-reactive ketones (excluding diaryl/α,β-unsaturated/α-hetero) is 1. The van der Waals surface area contributed by atoms with Gasteiger partial charge >= 0.3 is 11.9 Å². The van der Waals surface area contributed by atoms with Crippen molar-refractivity contribution in [2.24, 2.45) is 40.9 Å². The highest BCUT2D eigenvalue weighted by Gasteiger charge is 2.87. The van der Waals surface area contributed by atoms with Crippen LogP contribution in [0.15, 0.2) is 34.9 Å². The summed E-state index contributed by atoms with van der Waals surface area (Å²) in [6.45, 7) is 14.5. The van der Waals surface area contributed by atoms with E-state index >= 15 is 0 Å². The van der Waals surface area contributed by atoms with Gasteiger partial charge in [0.05, 0.1) is 18.1 Å². The van der Waals surface area contributed by atoms with E-state index < -0.39 is 52.4 Å². The zero-order valence-corrected chi connectivity index (χ0v) is 23.3. The molecular formula is C30H42O7. The number of carbonyl (C=O) groups is 3. The molecular weight excluding hydrogens is 472 g/mol. The molecule has 0 aromatic carbocycles. The molecule has 9 atom stereocenters. The van der Waals surface area contributed by atoms with Crippen LogP contribution in [-0.2, 0) is 23.9 Å². The Balaban J connectivity index is 1.92. The fraction of sp³-hybridized carbons (Fsp3) is 0.700. The zero-order valence-electron chi connectivity index (χ0n) is 23.3. The molecule has 0 saturated heterocycles. The lowest BCUT2D eigenvalue weighted by Gasteiger charge is -2.52. The van der Waals surface area contributed by atoms with Crippen molar-refractivity contribution in [3.8, 4) is 0 Å². The van der Waals surface area contributed by atoms with Crippen LogP contribution in [0.4, 0.5) is 0 Å².